The lowest BCUT2D eigenvalue weighted by Crippen LogP contribution is -2.31. The first-order chi connectivity index (χ1) is 11.7. The predicted molar refractivity (Wildman–Crippen MR) is 95.9 cm³/mol. The topological polar surface area (TPSA) is 58.2 Å². The third-order valence-corrected chi connectivity index (χ3v) is 4.90. The molecule has 3 rings (SSSR count). The second kappa shape index (κ2) is 8.11. The normalized spacial score (nSPS) is 14.8. The largest absolute Gasteiger partial charge is 0.352 e. The lowest BCUT2D eigenvalue weighted by atomic mass is 10.0. The molecule has 0 radical (unpaired) electrons. The fourth-order valence-corrected chi connectivity index (χ4v) is 3.39. The van der Waals surface area contributed by atoms with Crippen molar-refractivity contribution in [3.8, 4) is 0 Å². The highest BCUT2D eigenvalue weighted by Gasteiger charge is 2.33. The number of hydrogen-bond acceptors (Lipinski definition) is 3. The van der Waals surface area contributed by atoms with Crippen LogP contribution in [0.4, 0.5) is 0 Å². The molecule has 5 heteroatoms. The van der Waals surface area contributed by atoms with Gasteiger partial charge in [-0.2, -0.15) is 11.3 Å². The molecule has 1 atom stereocenters. The summed E-state index contributed by atoms with van der Waals surface area (Å²) in [5.41, 5.74) is 1.86. The molecule has 126 valence electrons. The first kappa shape index (κ1) is 16.7. The highest BCUT2D eigenvalue weighted by molar-refractivity contribution is 7.08. The summed E-state index contributed by atoms with van der Waals surface area (Å²) < 4.78 is 0. The van der Waals surface area contributed by atoms with E-state index >= 15 is 0 Å². The van der Waals surface area contributed by atoms with Crippen LogP contribution < -0.4 is 10.6 Å². The van der Waals surface area contributed by atoms with E-state index in [4.69, 9.17) is 0 Å². The Balaban J connectivity index is 1.41. The van der Waals surface area contributed by atoms with Crippen LogP contribution in [0.15, 0.2) is 47.2 Å². The molecular weight excluding hydrogens is 320 g/mol. The van der Waals surface area contributed by atoms with Crippen LogP contribution in [-0.4, -0.2) is 18.4 Å². The van der Waals surface area contributed by atoms with Gasteiger partial charge < -0.3 is 10.6 Å². The molecule has 0 aliphatic heterocycles. The van der Waals surface area contributed by atoms with Crippen LogP contribution in [0, 0.1) is 5.92 Å². The molecule has 1 aromatic carbocycles. The molecule has 1 fully saturated rings. The summed E-state index contributed by atoms with van der Waals surface area (Å²) >= 11 is 1.50. The SMILES string of the molecule is O=C(CCCNC(=O)c1ccsc1)NC(c1ccccc1)C1CC1. The average Bonchev–Trinajstić information content (AvgIpc) is 3.30. The van der Waals surface area contributed by atoms with Crippen molar-refractivity contribution in [3.63, 3.8) is 0 Å². The van der Waals surface area contributed by atoms with Gasteiger partial charge in [0.25, 0.3) is 5.91 Å². The highest BCUT2D eigenvalue weighted by Crippen LogP contribution is 2.40. The van der Waals surface area contributed by atoms with Crippen molar-refractivity contribution < 1.29 is 9.59 Å². The number of amides is 2. The van der Waals surface area contributed by atoms with Crippen LogP contribution in [0.2, 0.25) is 0 Å². The third-order valence-electron chi connectivity index (χ3n) is 4.22. The predicted octanol–water partition coefficient (Wildman–Crippen LogP) is 3.53. The van der Waals surface area contributed by atoms with E-state index in [0.29, 0.717) is 30.9 Å². The summed E-state index contributed by atoms with van der Waals surface area (Å²) in [6, 6.07) is 12.1. The number of benzene rings is 1. The Morgan fingerprint density at radius 3 is 2.62 bits per heavy atom. The molecular formula is C19H22N2O2S. The number of nitrogens with one attached hydrogen (secondary N) is 2. The van der Waals surface area contributed by atoms with E-state index < -0.39 is 0 Å². The van der Waals surface area contributed by atoms with Crippen LogP contribution in [0.3, 0.4) is 0 Å². The van der Waals surface area contributed by atoms with Crippen molar-refractivity contribution in [2.45, 2.75) is 31.7 Å². The van der Waals surface area contributed by atoms with Gasteiger partial charge in [-0.25, -0.2) is 0 Å². The Morgan fingerprint density at radius 2 is 1.96 bits per heavy atom. The van der Waals surface area contributed by atoms with Gasteiger partial charge >= 0.3 is 0 Å². The Bertz CT molecular complexity index is 666. The summed E-state index contributed by atoms with van der Waals surface area (Å²) in [6.45, 7) is 0.515. The van der Waals surface area contributed by atoms with Crippen LogP contribution in [0.25, 0.3) is 0 Å². The van der Waals surface area contributed by atoms with E-state index in [1.54, 1.807) is 6.07 Å². The average molecular weight is 342 g/mol. The summed E-state index contributed by atoms with van der Waals surface area (Å²) in [5, 5.41) is 9.71. The van der Waals surface area contributed by atoms with Crippen molar-refractivity contribution in [2.24, 2.45) is 5.92 Å². The quantitative estimate of drug-likeness (QED) is 0.721. The van der Waals surface area contributed by atoms with Gasteiger partial charge in [-0.1, -0.05) is 30.3 Å². The summed E-state index contributed by atoms with van der Waals surface area (Å²) in [4.78, 5) is 24.0. The van der Waals surface area contributed by atoms with Gasteiger partial charge in [-0.15, -0.1) is 0 Å². The fraction of sp³-hybridized carbons (Fsp3) is 0.368. The molecule has 0 saturated heterocycles. The third kappa shape index (κ3) is 4.68. The fourth-order valence-electron chi connectivity index (χ4n) is 2.76. The monoisotopic (exact) mass is 342 g/mol. The molecule has 0 spiro atoms. The minimum absolute atomic E-state index is 0.0561. The Labute approximate surface area is 146 Å². The smallest absolute Gasteiger partial charge is 0.252 e. The molecule has 4 nitrogen and oxygen atoms in total. The zero-order valence-corrected chi connectivity index (χ0v) is 14.4. The second-order valence-electron chi connectivity index (χ2n) is 6.16. The van der Waals surface area contributed by atoms with E-state index in [1.807, 2.05) is 29.0 Å². The molecule has 1 unspecified atom stereocenters. The molecule has 24 heavy (non-hydrogen) atoms. The number of thiophene rings is 1. The summed E-state index contributed by atoms with van der Waals surface area (Å²) in [7, 11) is 0. The maximum atomic E-state index is 12.2. The van der Waals surface area contributed by atoms with Crippen LogP contribution in [0.1, 0.15) is 47.6 Å². The molecule has 1 aliphatic carbocycles. The molecule has 2 N–H and O–H groups in total. The van der Waals surface area contributed by atoms with Crippen LogP contribution in [0.5, 0.6) is 0 Å². The summed E-state index contributed by atoms with van der Waals surface area (Å²) in [5.74, 6) is 0.548. The van der Waals surface area contributed by atoms with Crippen LogP contribution >= 0.6 is 11.3 Å². The van der Waals surface area contributed by atoms with E-state index in [1.165, 1.54) is 29.7 Å². The Hall–Kier alpha value is -2.14. The van der Waals surface area contributed by atoms with Crippen molar-refractivity contribution in [1.29, 1.82) is 0 Å². The van der Waals surface area contributed by atoms with Crippen molar-refractivity contribution in [1.82, 2.24) is 10.6 Å². The first-order valence-electron chi connectivity index (χ1n) is 8.39. The van der Waals surface area contributed by atoms with Gasteiger partial charge in [0.15, 0.2) is 0 Å². The van der Waals surface area contributed by atoms with Gasteiger partial charge in [0.05, 0.1) is 6.04 Å². The zero-order chi connectivity index (χ0) is 16.8. The second-order valence-corrected chi connectivity index (χ2v) is 6.94. The molecule has 1 aliphatic rings. The van der Waals surface area contributed by atoms with E-state index in [9.17, 15) is 9.59 Å². The molecule has 1 heterocycles. The molecule has 0 bridgehead atoms. The Kier molecular flexibility index (Phi) is 5.64. The lowest BCUT2D eigenvalue weighted by Gasteiger charge is -2.18. The maximum Gasteiger partial charge on any atom is 0.252 e. The molecule has 1 saturated carbocycles. The van der Waals surface area contributed by atoms with Crippen molar-refractivity contribution in [2.75, 3.05) is 6.54 Å². The number of carbonyl (C=O) groups excluding carboxylic acids is 2. The maximum absolute atomic E-state index is 12.2. The zero-order valence-electron chi connectivity index (χ0n) is 13.5. The van der Waals surface area contributed by atoms with Crippen molar-refractivity contribution in [3.05, 3.63) is 58.3 Å². The highest BCUT2D eigenvalue weighted by atomic mass is 32.1. The van der Waals surface area contributed by atoms with Gasteiger partial charge in [0.2, 0.25) is 5.91 Å². The van der Waals surface area contributed by atoms with Gasteiger partial charge in [-0.05, 0) is 42.2 Å². The number of carbonyl (C=O) groups is 2. The van der Waals surface area contributed by atoms with E-state index in [-0.39, 0.29) is 17.9 Å². The van der Waals surface area contributed by atoms with E-state index in [2.05, 4.69) is 22.8 Å². The first-order valence-corrected chi connectivity index (χ1v) is 9.33. The molecule has 2 amide bonds. The number of rotatable bonds is 8. The minimum Gasteiger partial charge on any atom is -0.352 e. The standard InChI is InChI=1S/C19H22N2O2S/c22-17(7-4-11-20-19(23)16-10-12-24-13-16)21-18(15-8-9-15)14-5-2-1-3-6-14/h1-3,5-6,10,12-13,15,18H,4,7-9,11H2,(H,20,23)(H,21,22). The van der Waals surface area contributed by atoms with Gasteiger partial charge in [0, 0.05) is 23.9 Å². The van der Waals surface area contributed by atoms with Gasteiger partial charge in [0.1, 0.15) is 0 Å². The number of hydrogen-bond donors (Lipinski definition) is 2. The molecule has 2 aromatic rings. The minimum atomic E-state index is -0.0724. The van der Waals surface area contributed by atoms with E-state index in [0.717, 1.165) is 0 Å². The van der Waals surface area contributed by atoms with Crippen LogP contribution in [-0.2, 0) is 4.79 Å². The molecule has 1 aromatic heterocycles. The van der Waals surface area contributed by atoms with Crippen molar-refractivity contribution >= 4 is 23.2 Å². The summed E-state index contributed by atoms with van der Waals surface area (Å²) in [6.07, 6.45) is 3.43. The Morgan fingerprint density at radius 1 is 1.17 bits per heavy atom. The van der Waals surface area contributed by atoms with Gasteiger partial charge in [-0.3, -0.25) is 9.59 Å². The lowest BCUT2D eigenvalue weighted by molar-refractivity contribution is -0.122.